The van der Waals surface area contributed by atoms with Crippen molar-refractivity contribution in [3.63, 3.8) is 0 Å². The SMILES string of the molecule is N#CC(Cc1ccccc1)NCCCO. The van der Waals surface area contributed by atoms with Crippen molar-refractivity contribution in [3.8, 4) is 6.07 Å². The molecule has 0 aliphatic carbocycles. The van der Waals surface area contributed by atoms with Crippen LogP contribution in [0.4, 0.5) is 0 Å². The zero-order valence-corrected chi connectivity index (χ0v) is 8.69. The Morgan fingerprint density at radius 2 is 2.07 bits per heavy atom. The molecule has 2 N–H and O–H groups in total. The molecule has 0 aliphatic heterocycles. The van der Waals surface area contributed by atoms with Crippen LogP contribution in [0.5, 0.6) is 0 Å². The number of nitrogens with one attached hydrogen (secondary N) is 1. The molecule has 0 heterocycles. The van der Waals surface area contributed by atoms with E-state index in [0.717, 1.165) is 5.56 Å². The maximum absolute atomic E-state index is 8.91. The molecule has 0 fully saturated rings. The minimum Gasteiger partial charge on any atom is -0.396 e. The average Bonchev–Trinajstić information content (AvgIpc) is 2.29. The highest BCUT2D eigenvalue weighted by Gasteiger charge is 2.06. The van der Waals surface area contributed by atoms with E-state index >= 15 is 0 Å². The van der Waals surface area contributed by atoms with Crippen molar-refractivity contribution >= 4 is 0 Å². The van der Waals surface area contributed by atoms with Crippen molar-refractivity contribution in [2.45, 2.75) is 18.9 Å². The predicted octanol–water partition coefficient (Wildman–Crippen LogP) is 1.09. The summed E-state index contributed by atoms with van der Waals surface area (Å²) in [4.78, 5) is 0. The van der Waals surface area contributed by atoms with E-state index in [1.165, 1.54) is 0 Å². The monoisotopic (exact) mass is 204 g/mol. The Bertz CT molecular complexity index is 305. The van der Waals surface area contributed by atoms with Gasteiger partial charge < -0.3 is 10.4 Å². The molecule has 1 aromatic rings. The summed E-state index contributed by atoms with van der Waals surface area (Å²) in [5, 5.41) is 20.6. The molecule has 0 saturated carbocycles. The molecule has 1 atom stereocenters. The molecule has 1 rings (SSSR count). The summed E-state index contributed by atoms with van der Waals surface area (Å²) in [7, 11) is 0. The smallest absolute Gasteiger partial charge is 0.0993 e. The first-order chi connectivity index (χ1) is 7.36. The van der Waals surface area contributed by atoms with Gasteiger partial charge in [0.15, 0.2) is 0 Å². The topological polar surface area (TPSA) is 56.0 Å². The number of rotatable bonds is 6. The van der Waals surface area contributed by atoms with E-state index in [-0.39, 0.29) is 12.6 Å². The van der Waals surface area contributed by atoms with Gasteiger partial charge in [0.2, 0.25) is 0 Å². The van der Waals surface area contributed by atoms with Crippen LogP contribution in [0.25, 0.3) is 0 Å². The van der Waals surface area contributed by atoms with E-state index in [1.54, 1.807) is 0 Å². The minimum atomic E-state index is -0.168. The lowest BCUT2D eigenvalue weighted by Crippen LogP contribution is -2.30. The summed E-state index contributed by atoms with van der Waals surface area (Å²) in [6.07, 6.45) is 1.40. The van der Waals surface area contributed by atoms with Crippen LogP contribution in [0.1, 0.15) is 12.0 Å². The van der Waals surface area contributed by atoms with Gasteiger partial charge >= 0.3 is 0 Å². The van der Waals surface area contributed by atoms with Gasteiger partial charge in [-0.05, 0) is 18.5 Å². The summed E-state index contributed by atoms with van der Waals surface area (Å²) < 4.78 is 0. The fourth-order valence-electron chi connectivity index (χ4n) is 1.37. The Morgan fingerprint density at radius 1 is 1.33 bits per heavy atom. The van der Waals surface area contributed by atoms with E-state index in [0.29, 0.717) is 19.4 Å². The Balaban J connectivity index is 2.38. The third-order valence-corrected chi connectivity index (χ3v) is 2.16. The highest BCUT2D eigenvalue weighted by Crippen LogP contribution is 2.02. The van der Waals surface area contributed by atoms with Gasteiger partial charge in [0.25, 0.3) is 0 Å². The van der Waals surface area contributed by atoms with Crippen molar-refractivity contribution in [1.82, 2.24) is 5.32 Å². The number of benzene rings is 1. The second-order valence-corrected chi connectivity index (χ2v) is 3.40. The molecule has 3 heteroatoms. The average molecular weight is 204 g/mol. The number of aliphatic hydroxyl groups excluding tert-OH is 1. The fraction of sp³-hybridized carbons (Fsp3) is 0.417. The Kier molecular flexibility index (Phi) is 5.46. The first kappa shape index (κ1) is 11.7. The summed E-state index contributed by atoms with van der Waals surface area (Å²) in [5.74, 6) is 0. The molecule has 0 bridgehead atoms. The van der Waals surface area contributed by atoms with E-state index in [2.05, 4.69) is 11.4 Å². The lowest BCUT2D eigenvalue weighted by molar-refractivity contribution is 0.285. The van der Waals surface area contributed by atoms with E-state index in [1.807, 2.05) is 30.3 Å². The molecule has 80 valence electrons. The predicted molar refractivity (Wildman–Crippen MR) is 59.3 cm³/mol. The second-order valence-electron chi connectivity index (χ2n) is 3.40. The number of nitriles is 1. The molecule has 0 saturated heterocycles. The van der Waals surface area contributed by atoms with Gasteiger partial charge in [0.05, 0.1) is 12.1 Å². The van der Waals surface area contributed by atoms with Crippen molar-refractivity contribution < 1.29 is 5.11 Å². The maximum Gasteiger partial charge on any atom is 0.0993 e. The van der Waals surface area contributed by atoms with E-state index < -0.39 is 0 Å². The van der Waals surface area contributed by atoms with Crippen LogP contribution in [0.15, 0.2) is 30.3 Å². The Morgan fingerprint density at radius 3 is 2.67 bits per heavy atom. The lowest BCUT2D eigenvalue weighted by atomic mass is 10.1. The Hall–Kier alpha value is -1.37. The van der Waals surface area contributed by atoms with E-state index in [9.17, 15) is 0 Å². The van der Waals surface area contributed by atoms with Crippen LogP contribution in [0, 0.1) is 11.3 Å². The molecular weight excluding hydrogens is 188 g/mol. The molecule has 0 aliphatic rings. The standard InChI is InChI=1S/C12H16N2O/c13-10-12(14-7-4-8-15)9-11-5-2-1-3-6-11/h1-3,5-6,12,14-15H,4,7-9H2. The summed E-state index contributed by atoms with van der Waals surface area (Å²) >= 11 is 0. The molecule has 0 amide bonds. The third-order valence-electron chi connectivity index (χ3n) is 2.16. The van der Waals surface area contributed by atoms with Gasteiger partial charge in [-0.2, -0.15) is 5.26 Å². The van der Waals surface area contributed by atoms with E-state index in [4.69, 9.17) is 10.4 Å². The molecule has 0 radical (unpaired) electrons. The lowest BCUT2D eigenvalue weighted by Gasteiger charge is -2.10. The van der Waals surface area contributed by atoms with Crippen LogP contribution in [-0.4, -0.2) is 24.3 Å². The first-order valence-corrected chi connectivity index (χ1v) is 5.14. The van der Waals surface area contributed by atoms with Crippen LogP contribution in [0.3, 0.4) is 0 Å². The highest BCUT2D eigenvalue weighted by atomic mass is 16.3. The van der Waals surface area contributed by atoms with Crippen LogP contribution in [-0.2, 0) is 6.42 Å². The largest absolute Gasteiger partial charge is 0.396 e. The van der Waals surface area contributed by atoms with Crippen molar-refractivity contribution in [2.24, 2.45) is 0 Å². The normalized spacial score (nSPS) is 12.0. The summed E-state index contributed by atoms with van der Waals surface area (Å²) in [6, 6.07) is 12.0. The number of hydrogen-bond donors (Lipinski definition) is 2. The van der Waals surface area contributed by atoms with Crippen molar-refractivity contribution in [3.05, 3.63) is 35.9 Å². The van der Waals surface area contributed by atoms with Crippen LogP contribution in [0.2, 0.25) is 0 Å². The van der Waals surface area contributed by atoms with Gasteiger partial charge in [-0.3, -0.25) is 0 Å². The van der Waals surface area contributed by atoms with Crippen LogP contribution < -0.4 is 5.32 Å². The maximum atomic E-state index is 8.91. The molecule has 15 heavy (non-hydrogen) atoms. The fourth-order valence-corrected chi connectivity index (χ4v) is 1.37. The van der Waals surface area contributed by atoms with Gasteiger partial charge in [-0.25, -0.2) is 0 Å². The molecule has 0 aromatic heterocycles. The zero-order valence-electron chi connectivity index (χ0n) is 8.69. The molecular formula is C12H16N2O. The molecule has 1 aromatic carbocycles. The third kappa shape index (κ3) is 4.59. The second kappa shape index (κ2) is 6.99. The molecule has 3 nitrogen and oxygen atoms in total. The zero-order chi connectivity index (χ0) is 10.9. The number of hydrogen-bond acceptors (Lipinski definition) is 3. The molecule has 1 unspecified atom stereocenters. The van der Waals surface area contributed by atoms with Crippen LogP contribution >= 0.6 is 0 Å². The Labute approximate surface area is 90.4 Å². The van der Waals surface area contributed by atoms with Gasteiger partial charge in [-0.1, -0.05) is 30.3 Å². The van der Waals surface area contributed by atoms with Crippen molar-refractivity contribution in [2.75, 3.05) is 13.2 Å². The minimum absolute atomic E-state index is 0.163. The van der Waals surface area contributed by atoms with Gasteiger partial charge in [0.1, 0.15) is 0 Å². The van der Waals surface area contributed by atoms with Gasteiger partial charge in [-0.15, -0.1) is 0 Å². The van der Waals surface area contributed by atoms with Crippen molar-refractivity contribution in [1.29, 1.82) is 5.26 Å². The molecule has 0 spiro atoms. The number of nitrogens with zero attached hydrogens (tertiary/aromatic N) is 1. The highest BCUT2D eigenvalue weighted by molar-refractivity contribution is 5.17. The summed E-state index contributed by atoms with van der Waals surface area (Å²) in [6.45, 7) is 0.845. The van der Waals surface area contributed by atoms with Gasteiger partial charge in [0, 0.05) is 13.0 Å². The quantitative estimate of drug-likeness (QED) is 0.682. The number of aliphatic hydroxyl groups is 1. The first-order valence-electron chi connectivity index (χ1n) is 5.14. The summed E-state index contributed by atoms with van der Waals surface area (Å²) in [5.41, 5.74) is 1.15.